The molecule has 0 N–H and O–H groups in total. The molecule has 0 saturated carbocycles. The maximum atomic E-state index is 12.4. The van der Waals surface area contributed by atoms with E-state index in [9.17, 15) is 9.59 Å². The molecule has 2 aromatic heterocycles. The fraction of sp³-hybridized carbons (Fsp3) is 0.263. The first-order valence-electron chi connectivity index (χ1n) is 8.36. The predicted molar refractivity (Wildman–Crippen MR) is 106 cm³/mol. The van der Waals surface area contributed by atoms with Crippen LogP contribution >= 0.6 is 23.1 Å². The van der Waals surface area contributed by atoms with Crippen molar-refractivity contribution in [3.05, 3.63) is 47.6 Å². The molecule has 3 rings (SSSR count). The summed E-state index contributed by atoms with van der Waals surface area (Å²) in [7, 11) is 0. The number of thioether (sulfide) groups is 1. The Labute approximate surface area is 164 Å². The van der Waals surface area contributed by atoms with Crippen LogP contribution in [0.15, 0.2) is 47.1 Å². The fourth-order valence-electron chi connectivity index (χ4n) is 2.41. The zero-order chi connectivity index (χ0) is 19.2. The zero-order valence-corrected chi connectivity index (χ0v) is 16.5. The van der Waals surface area contributed by atoms with Gasteiger partial charge in [0.05, 0.1) is 12.4 Å². The van der Waals surface area contributed by atoms with E-state index in [0.717, 1.165) is 15.2 Å². The molecule has 0 saturated heterocycles. The number of carbonyl (C=O) groups excluding carboxylic acids is 2. The van der Waals surface area contributed by atoms with Crippen molar-refractivity contribution >= 4 is 45.1 Å². The molecule has 0 radical (unpaired) electrons. The molecule has 27 heavy (non-hydrogen) atoms. The standard InChI is InChI=1S/C19H18N2O4S2/c1-3-24-14-6-4-13(5-7-14)17(23)12(2)25-16(22)10-27-19-15-8-9-26-18(15)20-11-21-19/h4-9,11-12H,3,10H2,1-2H3/t12-/m1/s1. The number of Topliss-reactive ketones (excluding diaryl/α,β-unsaturated/α-hetero) is 1. The van der Waals surface area contributed by atoms with E-state index in [1.54, 1.807) is 31.2 Å². The van der Waals surface area contributed by atoms with Crippen molar-refractivity contribution in [1.29, 1.82) is 0 Å². The van der Waals surface area contributed by atoms with Gasteiger partial charge in [0, 0.05) is 10.9 Å². The lowest BCUT2D eigenvalue weighted by Gasteiger charge is -2.12. The number of thiophene rings is 1. The second kappa shape index (κ2) is 8.96. The van der Waals surface area contributed by atoms with Crippen LogP contribution in [-0.2, 0) is 9.53 Å². The summed E-state index contributed by atoms with van der Waals surface area (Å²) in [6, 6.07) is 8.71. The third-order valence-electron chi connectivity index (χ3n) is 3.68. The summed E-state index contributed by atoms with van der Waals surface area (Å²) in [4.78, 5) is 33.8. The summed E-state index contributed by atoms with van der Waals surface area (Å²) < 4.78 is 10.6. The summed E-state index contributed by atoms with van der Waals surface area (Å²) >= 11 is 2.79. The number of fused-ring (bicyclic) bond motifs is 1. The van der Waals surface area contributed by atoms with E-state index < -0.39 is 12.1 Å². The summed E-state index contributed by atoms with van der Waals surface area (Å²) in [5.41, 5.74) is 0.474. The number of nitrogens with zero attached hydrogens (tertiary/aromatic N) is 2. The minimum Gasteiger partial charge on any atom is -0.494 e. The van der Waals surface area contributed by atoms with Gasteiger partial charge < -0.3 is 9.47 Å². The zero-order valence-electron chi connectivity index (χ0n) is 14.9. The first-order chi connectivity index (χ1) is 13.1. The second-order valence-electron chi connectivity index (χ2n) is 5.56. The molecule has 0 fully saturated rings. The number of benzene rings is 1. The molecular formula is C19H18N2O4S2. The molecule has 8 heteroatoms. The highest BCUT2D eigenvalue weighted by Gasteiger charge is 2.20. The number of hydrogen-bond donors (Lipinski definition) is 0. The Kier molecular flexibility index (Phi) is 6.41. The van der Waals surface area contributed by atoms with Crippen molar-refractivity contribution in [1.82, 2.24) is 9.97 Å². The fourth-order valence-corrected chi connectivity index (χ4v) is 3.97. The largest absolute Gasteiger partial charge is 0.494 e. The molecule has 0 aliphatic rings. The predicted octanol–water partition coefficient (Wildman–Crippen LogP) is 4.00. The van der Waals surface area contributed by atoms with Crippen LogP contribution in [0.4, 0.5) is 0 Å². The van der Waals surface area contributed by atoms with Gasteiger partial charge in [-0.3, -0.25) is 9.59 Å². The molecular weight excluding hydrogens is 384 g/mol. The minimum atomic E-state index is -0.859. The Bertz CT molecular complexity index is 940. The highest BCUT2D eigenvalue weighted by atomic mass is 32.2. The Morgan fingerprint density at radius 3 is 2.70 bits per heavy atom. The minimum absolute atomic E-state index is 0.0723. The van der Waals surface area contributed by atoms with Crippen molar-refractivity contribution in [2.45, 2.75) is 25.0 Å². The smallest absolute Gasteiger partial charge is 0.317 e. The van der Waals surface area contributed by atoms with Crippen LogP contribution in [0, 0.1) is 0 Å². The van der Waals surface area contributed by atoms with Crippen molar-refractivity contribution < 1.29 is 19.1 Å². The van der Waals surface area contributed by atoms with Crippen LogP contribution in [0.5, 0.6) is 5.75 Å². The number of ether oxygens (including phenoxy) is 2. The van der Waals surface area contributed by atoms with E-state index in [-0.39, 0.29) is 11.5 Å². The van der Waals surface area contributed by atoms with E-state index >= 15 is 0 Å². The van der Waals surface area contributed by atoms with Crippen LogP contribution in [0.3, 0.4) is 0 Å². The van der Waals surface area contributed by atoms with E-state index in [2.05, 4.69) is 9.97 Å². The van der Waals surface area contributed by atoms with Gasteiger partial charge in [0.1, 0.15) is 21.9 Å². The van der Waals surface area contributed by atoms with Crippen LogP contribution in [-0.4, -0.2) is 40.2 Å². The number of carbonyl (C=O) groups is 2. The van der Waals surface area contributed by atoms with Crippen molar-refractivity contribution in [3.63, 3.8) is 0 Å². The number of ketones is 1. The Hall–Kier alpha value is -2.45. The van der Waals surface area contributed by atoms with E-state index in [1.807, 2.05) is 18.4 Å². The average molecular weight is 402 g/mol. The average Bonchev–Trinajstić information content (AvgIpc) is 3.16. The Morgan fingerprint density at radius 1 is 1.19 bits per heavy atom. The van der Waals surface area contributed by atoms with Gasteiger partial charge in [0.25, 0.3) is 0 Å². The Morgan fingerprint density at radius 2 is 1.96 bits per heavy atom. The summed E-state index contributed by atoms with van der Waals surface area (Å²) in [5.74, 6) is 0.0511. The molecule has 2 heterocycles. The first-order valence-corrected chi connectivity index (χ1v) is 10.2. The maximum absolute atomic E-state index is 12.4. The van der Waals surface area contributed by atoms with Crippen molar-refractivity contribution in [2.24, 2.45) is 0 Å². The summed E-state index contributed by atoms with van der Waals surface area (Å²) in [5, 5.41) is 3.57. The summed E-state index contributed by atoms with van der Waals surface area (Å²) in [6.45, 7) is 4.02. The van der Waals surface area contributed by atoms with E-state index in [1.165, 1.54) is 29.4 Å². The van der Waals surface area contributed by atoms with Crippen LogP contribution in [0.2, 0.25) is 0 Å². The van der Waals surface area contributed by atoms with Gasteiger partial charge in [-0.25, -0.2) is 9.97 Å². The second-order valence-corrected chi connectivity index (χ2v) is 7.42. The molecule has 6 nitrogen and oxygen atoms in total. The van der Waals surface area contributed by atoms with Gasteiger partial charge in [-0.2, -0.15) is 0 Å². The lowest BCUT2D eigenvalue weighted by Crippen LogP contribution is -2.25. The van der Waals surface area contributed by atoms with Gasteiger partial charge in [0.2, 0.25) is 5.78 Å². The SMILES string of the molecule is CCOc1ccc(C(=O)[C@@H](C)OC(=O)CSc2ncnc3sccc23)cc1. The lowest BCUT2D eigenvalue weighted by atomic mass is 10.1. The van der Waals surface area contributed by atoms with Crippen LogP contribution in [0.25, 0.3) is 10.2 Å². The monoisotopic (exact) mass is 402 g/mol. The highest BCUT2D eigenvalue weighted by molar-refractivity contribution is 8.00. The quantitative estimate of drug-likeness (QED) is 0.244. The lowest BCUT2D eigenvalue weighted by molar-refractivity contribution is -0.143. The number of aromatic nitrogens is 2. The first kappa shape index (κ1) is 19.3. The Balaban J connectivity index is 1.55. The van der Waals surface area contributed by atoms with Crippen molar-refractivity contribution in [3.8, 4) is 5.75 Å². The third kappa shape index (κ3) is 4.84. The van der Waals surface area contributed by atoms with Gasteiger partial charge >= 0.3 is 5.97 Å². The van der Waals surface area contributed by atoms with E-state index in [0.29, 0.717) is 17.9 Å². The third-order valence-corrected chi connectivity index (χ3v) is 5.48. The van der Waals surface area contributed by atoms with Gasteiger partial charge in [-0.1, -0.05) is 11.8 Å². The maximum Gasteiger partial charge on any atom is 0.317 e. The number of rotatable bonds is 8. The molecule has 0 unspecified atom stereocenters. The van der Waals surface area contributed by atoms with Gasteiger partial charge in [0.15, 0.2) is 6.10 Å². The molecule has 140 valence electrons. The highest BCUT2D eigenvalue weighted by Crippen LogP contribution is 2.27. The normalized spacial score (nSPS) is 11.9. The number of esters is 1. The number of hydrogen-bond acceptors (Lipinski definition) is 8. The molecule has 0 aliphatic heterocycles. The molecule has 0 aliphatic carbocycles. The van der Waals surface area contributed by atoms with Crippen molar-refractivity contribution in [2.75, 3.05) is 12.4 Å². The van der Waals surface area contributed by atoms with Gasteiger partial charge in [-0.05, 0) is 49.6 Å². The van der Waals surface area contributed by atoms with E-state index in [4.69, 9.17) is 9.47 Å². The molecule has 0 bridgehead atoms. The van der Waals surface area contributed by atoms with Crippen LogP contribution < -0.4 is 4.74 Å². The molecule has 0 spiro atoms. The summed E-state index contributed by atoms with van der Waals surface area (Å²) in [6.07, 6.45) is 0.618. The van der Waals surface area contributed by atoms with Gasteiger partial charge in [-0.15, -0.1) is 11.3 Å². The molecule has 1 aromatic carbocycles. The molecule has 3 aromatic rings. The molecule has 1 atom stereocenters. The topological polar surface area (TPSA) is 78.4 Å². The van der Waals surface area contributed by atoms with Crippen LogP contribution in [0.1, 0.15) is 24.2 Å². The molecule has 0 amide bonds.